The zero-order chi connectivity index (χ0) is 21.6. The third kappa shape index (κ3) is 3.15. The SMILES string of the molecule is Cc1ccc(C2(c3ccc(C)cc3)SC2(c2ccc(C)cc2)c2ccc(C)cc2)cc1. The molecule has 0 aliphatic carbocycles. The van der Waals surface area contributed by atoms with Crippen LogP contribution in [-0.2, 0) is 9.49 Å². The molecule has 0 unspecified atom stereocenters. The van der Waals surface area contributed by atoms with Crippen molar-refractivity contribution in [2.75, 3.05) is 0 Å². The van der Waals surface area contributed by atoms with Crippen molar-refractivity contribution in [2.24, 2.45) is 0 Å². The fourth-order valence-corrected chi connectivity index (χ4v) is 6.63. The molecule has 1 heterocycles. The number of thioether (sulfide) groups is 1. The summed E-state index contributed by atoms with van der Waals surface area (Å²) in [6, 6.07) is 36.6. The highest BCUT2D eigenvalue weighted by molar-refractivity contribution is 8.09. The molecule has 0 aromatic heterocycles. The van der Waals surface area contributed by atoms with Crippen molar-refractivity contribution in [1.82, 2.24) is 0 Å². The van der Waals surface area contributed by atoms with Gasteiger partial charge in [0.2, 0.25) is 0 Å². The molecule has 154 valence electrons. The highest BCUT2D eigenvalue weighted by Crippen LogP contribution is 2.80. The van der Waals surface area contributed by atoms with Gasteiger partial charge in [-0.2, -0.15) is 0 Å². The van der Waals surface area contributed by atoms with Gasteiger partial charge < -0.3 is 0 Å². The highest BCUT2D eigenvalue weighted by Gasteiger charge is 2.72. The quantitative estimate of drug-likeness (QED) is 0.303. The van der Waals surface area contributed by atoms with Gasteiger partial charge in [0.1, 0.15) is 0 Å². The van der Waals surface area contributed by atoms with E-state index in [1.165, 1.54) is 44.5 Å². The van der Waals surface area contributed by atoms with Crippen LogP contribution in [-0.4, -0.2) is 0 Å². The van der Waals surface area contributed by atoms with Gasteiger partial charge in [0, 0.05) is 0 Å². The number of hydrogen-bond acceptors (Lipinski definition) is 1. The first-order chi connectivity index (χ1) is 15.0. The molecule has 5 rings (SSSR count). The van der Waals surface area contributed by atoms with Crippen molar-refractivity contribution >= 4 is 11.8 Å². The van der Waals surface area contributed by atoms with E-state index in [9.17, 15) is 0 Å². The molecule has 1 saturated heterocycles. The van der Waals surface area contributed by atoms with Crippen molar-refractivity contribution in [3.63, 3.8) is 0 Å². The first kappa shape index (κ1) is 20.2. The van der Waals surface area contributed by atoms with Crippen LogP contribution in [0.15, 0.2) is 97.1 Å². The summed E-state index contributed by atoms with van der Waals surface area (Å²) in [6.45, 7) is 8.65. The molecule has 31 heavy (non-hydrogen) atoms. The summed E-state index contributed by atoms with van der Waals surface area (Å²) in [6.07, 6.45) is 0. The van der Waals surface area contributed by atoms with Crippen molar-refractivity contribution in [3.05, 3.63) is 142 Å². The Hall–Kier alpha value is -2.77. The predicted molar refractivity (Wildman–Crippen MR) is 134 cm³/mol. The van der Waals surface area contributed by atoms with E-state index in [1.54, 1.807) is 0 Å². The van der Waals surface area contributed by atoms with Crippen LogP contribution in [0.4, 0.5) is 0 Å². The first-order valence-corrected chi connectivity index (χ1v) is 11.8. The minimum atomic E-state index is -0.154. The zero-order valence-electron chi connectivity index (χ0n) is 18.6. The molecule has 0 radical (unpaired) electrons. The third-order valence-electron chi connectivity index (χ3n) is 6.59. The summed E-state index contributed by atoms with van der Waals surface area (Å²) >= 11 is 2.07. The Bertz CT molecular complexity index is 1010. The summed E-state index contributed by atoms with van der Waals surface area (Å²) in [5.41, 5.74) is 10.7. The van der Waals surface area contributed by atoms with Crippen molar-refractivity contribution in [3.8, 4) is 0 Å². The Morgan fingerprint density at radius 3 is 0.742 bits per heavy atom. The molecule has 1 heteroatoms. The van der Waals surface area contributed by atoms with E-state index in [1.807, 2.05) is 0 Å². The molecule has 0 spiro atoms. The van der Waals surface area contributed by atoms with Gasteiger partial charge in [0.25, 0.3) is 0 Å². The van der Waals surface area contributed by atoms with Crippen molar-refractivity contribution < 1.29 is 0 Å². The standard InChI is InChI=1S/C30H28S/c1-21-5-13-25(14-6-21)29(26-15-7-22(2)8-16-26)30(31-29,27-17-9-23(3)10-18-27)28-19-11-24(4)12-20-28/h5-20H,1-4H3. The molecule has 0 saturated carbocycles. The third-order valence-corrected chi connectivity index (χ3v) is 8.56. The maximum absolute atomic E-state index is 2.33. The van der Waals surface area contributed by atoms with Crippen LogP contribution < -0.4 is 0 Å². The number of aryl methyl sites for hydroxylation is 4. The molecule has 0 bridgehead atoms. The van der Waals surface area contributed by atoms with E-state index >= 15 is 0 Å². The maximum atomic E-state index is 2.33. The van der Waals surface area contributed by atoms with Crippen LogP contribution >= 0.6 is 11.8 Å². The van der Waals surface area contributed by atoms with Crippen LogP contribution in [0, 0.1) is 27.7 Å². The van der Waals surface area contributed by atoms with Gasteiger partial charge in [-0.05, 0) is 49.9 Å². The zero-order valence-corrected chi connectivity index (χ0v) is 19.5. The fourth-order valence-electron chi connectivity index (χ4n) is 4.74. The van der Waals surface area contributed by atoms with Gasteiger partial charge in [0.05, 0.1) is 9.49 Å². The molecular weight excluding hydrogens is 392 g/mol. The highest BCUT2D eigenvalue weighted by atomic mass is 32.2. The summed E-state index contributed by atoms with van der Waals surface area (Å²) in [4.78, 5) is 0. The molecule has 4 aromatic rings. The molecule has 1 fully saturated rings. The van der Waals surface area contributed by atoms with Gasteiger partial charge in [0.15, 0.2) is 0 Å². The second kappa shape index (κ2) is 7.43. The molecule has 0 amide bonds. The first-order valence-electron chi connectivity index (χ1n) is 10.9. The van der Waals surface area contributed by atoms with E-state index in [0.29, 0.717) is 0 Å². The average molecular weight is 421 g/mol. The summed E-state index contributed by atoms with van der Waals surface area (Å²) in [7, 11) is 0. The van der Waals surface area contributed by atoms with E-state index in [-0.39, 0.29) is 9.49 Å². The smallest absolute Gasteiger partial charge is 0.0899 e. The van der Waals surface area contributed by atoms with Crippen LogP contribution in [0.1, 0.15) is 44.5 Å². The predicted octanol–water partition coefficient (Wildman–Crippen LogP) is 7.85. The fraction of sp³-hybridized carbons (Fsp3) is 0.200. The molecule has 0 nitrogen and oxygen atoms in total. The maximum Gasteiger partial charge on any atom is 0.0899 e. The number of rotatable bonds is 4. The summed E-state index contributed by atoms with van der Waals surface area (Å²) in [5.74, 6) is 0. The number of benzene rings is 4. The lowest BCUT2D eigenvalue weighted by molar-refractivity contribution is 0.689. The molecule has 1 aliphatic heterocycles. The summed E-state index contributed by atoms with van der Waals surface area (Å²) in [5, 5.41) is 0. The van der Waals surface area contributed by atoms with E-state index < -0.39 is 0 Å². The van der Waals surface area contributed by atoms with Crippen molar-refractivity contribution in [2.45, 2.75) is 37.2 Å². The number of hydrogen-bond donors (Lipinski definition) is 0. The lowest BCUT2D eigenvalue weighted by Gasteiger charge is -2.26. The monoisotopic (exact) mass is 420 g/mol. The molecular formula is C30H28S. The topological polar surface area (TPSA) is 0 Å². The average Bonchev–Trinajstić information content (AvgIpc) is 3.48. The Kier molecular flexibility index (Phi) is 4.83. The van der Waals surface area contributed by atoms with E-state index in [0.717, 1.165) is 0 Å². The molecule has 0 atom stereocenters. The van der Waals surface area contributed by atoms with E-state index in [2.05, 4.69) is 137 Å². The minimum absolute atomic E-state index is 0.154. The Balaban J connectivity index is 1.80. The van der Waals surface area contributed by atoms with Gasteiger partial charge in [-0.3, -0.25) is 0 Å². The second-order valence-electron chi connectivity index (χ2n) is 8.93. The van der Waals surface area contributed by atoms with Gasteiger partial charge >= 0.3 is 0 Å². The molecule has 4 aromatic carbocycles. The lowest BCUT2D eigenvalue weighted by atomic mass is 9.73. The Morgan fingerprint density at radius 1 is 0.355 bits per heavy atom. The van der Waals surface area contributed by atoms with Crippen molar-refractivity contribution in [1.29, 1.82) is 0 Å². The Morgan fingerprint density at radius 2 is 0.548 bits per heavy atom. The van der Waals surface area contributed by atoms with Crippen LogP contribution in [0.2, 0.25) is 0 Å². The van der Waals surface area contributed by atoms with Crippen LogP contribution in [0.5, 0.6) is 0 Å². The molecule has 1 aliphatic rings. The van der Waals surface area contributed by atoms with E-state index in [4.69, 9.17) is 0 Å². The summed E-state index contributed by atoms with van der Waals surface area (Å²) < 4.78 is -0.308. The minimum Gasteiger partial charge on any atom is -0.125 e. The Labute approximate surface area is 190 Å². The van der Waals surface area contributed by atoms with Gasteiger partial charge in [-0.15, -0.1) is 11.8 Å². The van der Waals surface area contributed by atoms with Crippen LogP contribution in [0.25, 0.3) is 0 Å². The normalized spacial score (nSPS) is 16.1. The largest absolute Gasteiger partial charge is 0.125 e. The van der Waals surface area contributed by atoms with Gasteiger partial charge in [-0.1, -0.05) is 119 Å². The molecule has 0 N–H and O–H groups in total. The lowest BCUT2D eigenvalue weighted by Crippen LogP contribution is -2.25. The second-order valence-corrected chi connectivity index (χ2v) is 10.4. The van der Waals surface area contributed by atoms with Crippen LogP contribution in [0.3, 0.4) is 0 Å². The van der Waals surface area contributed by atoms with Gasteiger partial charge in [-0.25, -0.2) is 0 Å².